The number of nitrogens with one attached hydrogen (secondary N) is 1. The van der Waals surface area contributed by atoms with E-state index >= 15 is 0 Å². The highest BCUT2D eigenvalue weighted by molar-refractivity contribution is 9.10. The van der Waals surface area contributed by atoms with E-state index in [9.17, 15) is 4.79 Å². The molecular weight excluding hydrogens is 346 g/mol. The number of hydrogen-bond donors (Lipinski definition) is 1. The van der Waals surface area contributed by atoms with Crippen molar-refractivity contribution in [2.75, 3.05) is 5.32 Å². The number of hydrogen-bond acceptors (Lipinski definition) is 4. The SMILES string of the molecule is Cn1nnnc1-c1ccc(NC(=O)c2ccccc2Br)cc1. The standard InChI is InChI=1S/C15H12BrN5O/c1-21-14(18-19-20-21)10-6-8-11(9-7-10)17-15(22)12-4-2-3-5-13(12)16/h2-9H,1H3,(H,17,22). The Kier molecular flexibility index (Phi) is 3.97. The Morgan fingerprint density at radius 1 is 1.14 bits per heavy atom. The van der Waals surface area contributed by atoms with Crippen molar-refractivity contribution in [2.45, 2.75) is 0 Å². The van der Waals surface area contributed by atoms with Gasteiger partial charge in [-0.2, -0.15) is 0 Å². The molecule has 0 spiro atoms. The lowest BCUT2D eigenvalue weighted by atomic mass is 10.1. The molecule has 0 bridgehead atoms. The molecule has 0 fully saturated rings. The van der Waals surface area contributed by atoms with E-state index in [1.165, 1.54) is 0 Å². The van der Waals surface area contributed by atoms with Crippen LogP contribution in [0.1, 0.15) is 10.4 Å². The Bertz CT molecular complexity index is 813. The highest BCUT2D eigenvalue weighted by atomic mass is 79.9. The van der Waals surface area contributed by atoms with Crippen molar-refractivity contribution in [2.24, 2.45) is 7.05 Å². The number of rotatable bonds is 3. The smallest absolute Gasteiger partial charge is 0.256 e. The summed E-state index contributed by atoms with van der Waals surface area (Å²) in [6, 6.07) is 14.6. The fourth-order valence-electron chi connectivity index (χ4n) is 2.02. The monoisotopic (exact) mass is 357 g/mol. The fourth-order valence-corrected chi connectivity index (χ4v) is 2.49. The number of amides is 1. The normalized spacial score (nSPS) is 10.5. The van der Waals surface area contributed by atoms with Gasteiger partial charge in [0.15, 0.2) is 5.82 Å². The van der Waals surface area contributed by atoms with Gasteiger partial charge < -0.3 is 5.32 Å². The first-order valence-corrected chi connectivity index (χ1v) is 7.33. The van der Waals surface area contributed by atoms with E-state index in [1.54, 1.807) is 17.8 Å². The van der Waals surface area contributed by atoms with Crippen molar-refractivity contribution in [1.82, 2.24) is 20.2 Å². The third-order valence-electron chi connectivity index (χ3n) is 3.14. The Hall–Kier alpha value is -2.54. The molecule has 1 aromatic heterocycles. The van der Waals surface area contributed by atoms with E-state index < -0.39 is 0 Å². The molecule has 0 saturated heterocycles. The molecule has 1 heterocycles. The van der Waals surface area contributed by atoms with E-state index in [0.29, 0.717) is 17.1 Å². The molecule has 110 valence electrons. The van der Waals surface area contributed by atoms with Crippen LogP contribution in [-0.4, -0.2) is 26.1 Å². The van der Waals surface area contributed by atoms with Crippen molar-refractivity contribution < 1.29 is 4.79 Å². The first-order chi connectivity index (χ1) is 10.6. The van der Waals surface area contributed by atoms with Gasteiger partial charge in [0.25, 0.3) is 5.91 Å². The van der Waals surface area contributed by atoms with Crippen LogP contribution in [0.3, 0.4) is 0 Å². The third-order valence-corrected chi connectivity index (χ3v) is 3.83. The van der Waals surface area contributed by atoms with Gasteiger partial charge >= 0.3 is 0 Å². The number of tetrazole rings is 1. The molecule has 3 aromatic rings. The lowest BCUT2D eigenvalue weighted by Gasteiger charge is -2.07. The van der Waals surface area contributed by atoms with E-state index in [4.69, 9.17) is 0 Å². The molecule has 3 rings (SSSR count). The predicted molar refractivity (Wildman–Crippen MR) is 86.3 cm³/mol. The van der Waals surface area contributed by atoms with Crippen molar-refractivity contribution in [1.29, 1.82) is 0 Å². The number of carbonyl (C=O) groups excluding carboxylic acids is 1. The maximum atomic E-state index is 12.2. The van der Waals surface area contributed by atoms with E-state index in [-0.39, 0.29) is 5.91 Å². The zero-order valence-corrected chi connectivity index (χ0v) is 13.3. The zero-order valence-electron chi connectivity index (χ0n) is 11.7. The van der Waals surface area contributed by atoms with Crippen molar-refractivity contribution >= 4 is 27.5 Å². The number of aromatic nitrogens is 4. The van der Waals surface area contributed by atoms with Gasteiger partial charge in [-0.15, -0.1) is 5.10 Å². The number of aryl methyl sites for hydroxylation is 1. The lowest BCUT2D eigenvalue weighted by molar-refractivity contribution is 0.102. The van der Waals surface area contributed by atoms with Crippen LogP contribution >= 0.6 is 15.9 Å². The Morgan fingerprint density at radius 3 is 2.50 bits per heavy atom. The van der Waals surface area contributed by atoms with Crippen molar-refractivity contribution in [3.05, 3.63) is 58.6 Å². The second-order valence-electron chi connectivity index (χ2n) is 4.64. The second kappa shape index (κ2) is 6.07. The number of halogens is 1. The van der Waals surface area contributed by atoms with E-state index in [0.717, 1.165) is 10.0 Å². The van der Waals surface area contributed by atoms with Crippen LogP contribution in [0.4, 0.5) is 5.69 Å². The molecule has 0 saturated carbocycles. The molecule has 6 nitrogen and oxygen atoms in total. The van der Waals surface area contributed by atoms with Crippen molar-refractivity contribution in [3.63, 3.8) is 0 Å². The van der Waals surface area contributed by atoms with E-state index in [1.807, 2.05) is 42.5 Å². The molecule has 0 radical (unpaired) electrons. The molecule has 0 aliphatic heterocycles. The molecule has 0 aliphatic rings. The fraction of sp³-hybridized carbons (Fsp3) is 0.0667. The molecule has 0 unspecified atom stereocenters. The highest BCUT2D eigenvalue weighted by Gasteiger charge is 2.10. The predicted octanol–water partition coefficient (Wildman–Crippen LogP) is 2.89. The number of benzene rings is 2. The van der Waals surface area contributed by atoms with Crippen LogP contribution in [0.2, 0.25) is 0 Å². The molecule has 7 heteroatoms. The van der Waals surface area contributed by atoms with Crippen LogP contribution in [-0.2, 0) is 7.05 Å². The van der Waals surface area contributed by atoms with Crippen LogP contribution in [0, 0.1) is 0 Å². The summed E-state index contributed by atoms with van der Waals surface area (Å²) < 4.78 is 2.35. The minimum Gasteiger partial charge on any atom is -0.322 e. The van der Waals surface area contributed by atoms with Gasteiger partial charge in [0.2, 0.25) is 0 Å². The van der Waals surface area contributed by atoms with Gasteiger partial charge in [-0.3, -0.25) is 4.79 Å². The molecular formula is C15H12BrN5O. The summed E-state index contributed by atoms with van der Waals surface area (Å²) in [6.45, 7) is 0. The summed E-state index contributed by atoms with van der Waals surface area (Å²) in [4.78, 5) is 12.2. The Morgan fingerprint density at radius 2 is 1.86 bits per heavy atom. The van der Waals surface area contributed by atoms with Crippen LogP contribution in [0.15, 0.2) is 53.0 Å². The second-order valence-corrected chi connectivity index (χ2v) is 5.49. The highest BCUT2D eigenvalue weighted by Crippen LogP contribution is 2.20. The largest absolute Gasteiger partial charge is 0.322 e. The molecule has 1 amide bonds. The van der Waals surface area contributed by atoms with Crippen LogP contribution in [0.5, 0.6) is 0 Å². The van der Waals surface area contributed by atoms with Gasteiger partial charge in [-0.05, 0) is 62.8 Å². The average molecular weight is 358 g/mol. The van der Waals surface area contributed by atoms with Crippen molar-refractivity contribution in [3.8, 4) is 11.4 Å². The molecule has 2 aromatic carbocycles. The lowest BCUT2D eigenvalue weighted by Crippen LogP contribution is -2.12. The summed E-state index contributed by atoms with van der Waals surface area (Å²) in [5.41, 5.74) is 2.18. The first-order valence-electron chi connectivity index (χ1n) is 6.54. The van der Waals surface area contributed by atoms with Gasteiger partial charge in [0.1, 0.15) is 0 Å². The summed E-state index contributed by atoms with van der Waals surface area (Å²) in [5, 5.41) is 14.2. The summed E-state index contributed by atoms with van der Waals surface area (Å²) in [7, 11) is 1.78. The minimum atomic E-state index is -0.166. The van der Waals surface area contributed by atoms with Gasteiger partial charge in [-0.25, -0.2) is 4.68 Å². The average Bonchev–Trinajstić information content (AvgIpc) is 2.94. The maximum Gasteiger partial charge on any atom is 0.256 e. The molecule has 22 heavy (non-hydrogen) atoms. The minimum absolute atomic E-state index is 0.166. The van der Waals surface area contributed by atoms with Gasteiger partial charge in [-0.1, -0.05) is 12.1 Å². The summed E-state index contributed by atoms with van der Waals surface area (Å²) in [5.74, 6) is 0.504. The number of nitrogens with zero attached hydrogens (tertiary/aromatic N) is 4. The maximum absolute atomic E-state index is 12.2. The quantitative estimate of drug-likeness (QED) is 0.782. The molecule has 0 aliphatic carbocycles. The zero-order chi connectivity index (χ0) is 15.5. The number of carbonyl (C=O) groups is 1. The number of anilines is 1. The third kappa shape index (κ3) is 2.89. The Labute approximate surface area is 135 Å². The van der Waals surface area contributed by atoms with Crippen LogP contribution in [0.25, 0.3) is 11.4 Å². The van der Waals surface area contributed by atoms with Crippen LogP contribution < -0.4 is 5.32 Å². The Balaban J connectivity index is 1.78. The molecule has 1 N–H and O–H groups in total. The molecule has 0 atom stereocenters. The summed E-state index contributed by atoms with van der Waals surface area (Å²) in [6.07, 6.45) is 0. The topological polar surface area (TPSA) is 72.7 Å². The van der Waals surface area contributed by atoms with Gasteiger partial charge in [0, 0.05) is 22.8 Å². The first kappa shape index (κ1) is 14.4. The summed E-state index contributed by atoms with van der Waals surface area (Å²) >= 11 is 3.37. The van der Waals surface area contributed by atoms with Gasteiger partial charge in [0.05, 0.1) is 5.56 Å². The van der Waals surface area contributed by atoms with E-state index in [2.05, 4.69) is 36.8 Å².